The van der Waals surface area contributed by atoms with Gasteiger partial charge < -0.3 is 29.2 Å². The van der Waals surface area contributed by atoms with Crippen LogP contribution in [0.4, 0.5) is 18.9 Å². The van der Waals surface area contributed by atoms with Crippen LogP contribution in [-0.4, -0.2) is 44.5 Å². The van der Waals surface area contributed by atoms with Gasteiger partial charge in [-0.05, 0) is 84.4 Å². The number of fused-ring (bicyclic) bond motifs is 1. The van der Waals surface area contributed by atoms with E-state index < -0.39 is 11.7 Å². The number of nitrogens with zero attached hydrogens (tertiary/aromatic N) is 1. The Bertz CT molecular complexity index is 1250. The van der Waals surface area contributed by atoms with E-state index in [1.165, 1.54) is 6.07 Å². The van der Waals surface area contributed by atoms with Crippen LogP contribution in [-0.2, 0) is 12.6 Å². The lowest BCUT2D eigenvalue weighted by Gasteiger charge is -2.39. The lowest BCUT2D eigenvalue weighted by atomic mass is 9.92. The number of ether oxygens (including phenoxy) is 4. The van der Waals surface area contributed by atoms with Crippen LogP contribution in [0.25, 0.3) is 0 Å². The molecular weight excluding hydrogens is 505 g/mol. The lowest BCUT2D eigenvalue weighted by molar-refractivity contribution is -0.137. The Balaban J connectivity index is 1.63. The molecule has 0 spiro atoms. The maximum absolute atomic E-state index is 13.2. The summed E-state index contributed by atoms with van der Waals surface area (Å²) in [5.41, 5.74) is 1.50. The van der Waals surface area contributed by atoms with Crippen molar-refractivity contribution in [3.63, 3.8) is 0 Å². The summed E-state index contributed by atoms with van der Waals surface area (Å²) in [4.78, 5) is 1.92. The summed E-state index contributed by atoms with van der Waals surface area (Å²) in [6, 6.07) is 15.7. The summed E-state index contributed by atoms with van der Waals surface area (Å²) < 4.78 is 62.0. The number of benzene rings is 3. The van der Waals surface area contributed by atoms with Gasteiger partial charge in [-0.1, -0.05) is 6.07 Å². The summed E-state index contributed by atoms with van der Waals surface area (Å²) in [5, 5.41) is 3.27. The molecule has 1 aliphatic rings. The van der Waals surface area contributed by atoms with Crippen molar-refractivity contribution >= 4 is 23.0 Å². The Labute approximate surface area is 218 Å². The second-order valence-electron chi connectivity index (χ2n) is 8.36. The summed E-state index contributed by atoms with van der Waals surface area (Å²) in [6.45, 7) is 0.767. The summed E-state index contributed by atoms with van der Waals surface area (Å²) in [6.07, 6.45) is -3.80. The molecule has 6 nitrogen and oxygen atoms in total. The van der Waals surface area contributed by atoms with E-state index in [0.717, 1.165) is 23.3 Å². The van der Waals surface area contributed by atoms with E-state index in [4.69, 9.17) is 31.2 Å². The largest absolute Gasteiger partial charge is 0.497 e. The fraction of sp³-hybridized carbons (Fsp3) is 0.296. The molecule has 0 amide bonds. The van der Waals surface area contributed by atoms with Crippen molar-refractivity contribution < 1.29 is 32.1 Å². The van der Waals surface area contributed by atoms with Crippen molar-refractivity contribution in [2.45, 2.75) is 18.6 Å². The first-order chi connectivity index (χ1) is 17.7. The molecule has 0 radical (unpaired) electrons. The molecule has 3 aromatic rings. The molecule has 4 rings (SSSR count). The fourth-order valence-electron chi connectivity index (χ4n) is 4.27. The smallest absolute Gasteiger partial charge is 0.416 e. The highest BCUT2D eigenvalue weighted by Gasteiger charge is 2.33. The highest BCUT2D eigenvalue weighted by atomic mass is 32.1. The van der Waals surface area contributed by atoms with E-state index in [9.17, 15) is 13.2 Å². The number of hydrogen-bond acceptors (Lipinski definition) is 5. The molecule has 0 bridgehead atoms. The van der Waals surface area contributed by atoms with Gasteiger partial charge in [-0.2, -0.15) is 13.2 Å². The van der Waals surface area contributed by atoms with Crippen molar-refractivity contribution in [3.8, 4) is 23.0 Å². The van der Waals surface area contributed by atoms with Crippen LogP contribution in [0.1, 0.15) is 22.7 Å². The van der Waals surface area contributed by atoms with Crippen LogP contribution in [0, 0.1) is 0 Å². The van der Waals surface area contributed by atoms with E-state index in [2.05, 4.69) is 5.32 Å². The highest BCUT2D eigenvalue weighted by Crippen LogP contribution is 2.39. The monoisotopic (exact) mass is 532 g/mol. The zero-order chi connectivity index (χ0) is 26.6. The second kappa shape index (κ2) is 11.2. The Morgan fingerprint density at radius 1 is 0.946 bits per heavy atom. The molecule has 1 heterocycles. The van der Waals surface area contributed by atoms with Crippen molar-refractivity contribution in [2.24, 2.45) is 0 Å². The average molecular weight is 533 g/mol. The van der Waals surface area contributed by atoms with Crippen molar-refractivity contribution in [1.29, 1.82) is 0 Å². The van der Waals surface area contributed by atoms with Crippen LogP contribution in [0.5, 0.6) is 23.0 Å². The lowest BCUT2D eigenvalue weighted by Crippen LogP contribution is -2.44. The molecule has 1 atom stereocenters. The van der Waals surface area contributed by atoms with Gasteiger partial charge in [0.25, 0.3) is 0 Å². The molecule has 0 saturated carbocycles. The van der Waals surface area contributed by atoms with Gasteiger partial charge in [0.1, 0.15) is 18.1 Å². The molecule has 37 heavy (non-hydrogen) atoms. The van der Waals surface area contributed by atoms with Crippen molar-refractivity contribution in [3.05, 3.63) is 77.4 Å². The minimum Gasteiger partial charge on any atom is -0.497 e. The second-order valence-corrected chi connectivity index (χ2v) is 8.75. The Hall–Kier alpha value is -3.66. The average Bonchev–Trinajstić information content (AvgIpc) is 2.90. The van der Waals surface area contributed by atoms with Crippen LogP contribution in [0.3, 0.4) is 0 Å². The third-order valence-electron chi connectivity index (χ3n) is 6.17. The van der Waals surface area contributed by atoms with Gasteiger partial charge in [0, 0.05) is 12.2 Å². The molecule has 0 aromatic heterocycles. The molecule has 0 aliphatic carbocycles. The zero-order valence-corrected chi connectivity index (χ0v) is 21.4. The number of halogens is 3. The SMILES string of the molecule is COc1ccc(OC[C@H]2c3cc(OC)c(OC)cc3CCN2C(=S)Nc2cccc(C(F)(F)F)c2)cc1. The molecule has 196 valence electrons. The van der Waals surface area contributed by atoms with Gasteiger partial charge in [-0.3, -0.25) is 0 Å². The van der Waals surface area contributed by atoms with Crippen LogP contribution in [0.2, 0.25) is 0 Å². The van der Waals surface area contributed by atoms with Crippen LogP contribution >= 0.6 is 12.2 Å². The van der Waals surface area contributed by atoms with Crippen molar-refractivity contribution in [2.75, 3.05) is 39.8 Å². The number of nitrogens with one attached hydrogen (secondary N) is 1. The normalized spacial score (nSPS) is 15.0. The van der Waals surface area contributed by atoms with Crippen molar-refractivity contribution in [1.82, 2.24) is 4.90 Å². The van der Waals surface area contributed by atoms with E-state index in [-0.39, 0.29) is 18.3 Å². The summed E-state index contributed by atoms with van der Waals surface area (Å²) in [7, 11) is 4.73. The first kappa shape index (κ1) is 26.4. The van der Waals surface area contributed by atoms with Gasteiger partial charge in [0.2, 0.25) is 0 Å². The Morgan fingerprint density at radius 3 is 2.27 bits per heavy atom. The highest BCUT2D eigenvalue weighted by molar-refractivity contribution is 7.80. The van der Waals surface area contributed by atoms with Crippen LogP contribution < -0.4 is 24.3 Å². The standard InChI is InChI=1S/C27H27F3N2O4S/c1-33-20-7-9-21(10-8-20)36-16-23-22-15-25(35-3)24(34-2)13-17(22)11-12-32(23)26(37)31-19-6-4-5-18(14-19)27(28,29)30/h4-10,13-15,23H,11-12,16H2,1-3H3,(H,31,37)/t23-/m0/s1. The number of rotatable bonds is 7. The van der Waals surface area contributed by atoms with E-state index in [1.54, 1.807) is 51.7 Å². The maximum Gasteiger partial charge on any atom is 0.416 e. The van der Waals surface area contributed by atoms with E-state index in [0.29, 0.717) is 41.1 Å². The van der Waals surface area contributed by atoms with Crippen LogP contribution in [0.15, 0.2) is 60.7 Å². The quantitative estimate of drug-likeness (QED) is 0.369. The van der Waals surface area contributed by atoms with E-state index >= 15 is 0 Å². The number of anilines is 1. The predicted molar refractivity (Wildman–Crippen MR) is 139 cm³/mol. The topological polar surface area (TPSA) is 52.2 Å². The number of thiocarbonyl (C=S) groups is 1. The van der Waals surface area contributed by atoms with Gasteiger partial charge in [-0.25, -0.2) is 0 Å². The molecule has 0 fully saturated rings. The first-order valence-electron chi connectivity index (χ1n) is 11.5. The summed E-state index contributed by atoms with van der Waals surface area (Å²) >= 11 is 5.68. The molecule has 1 aliphatic heterocycles. The fourth-order valence-corrected chi connectivity index (χ4v) is 4.60. The number of methoxy groups -OCH3 is 3. The van der Waals surface area contributed by atoms with Gasteiger partial charge in [0.05, 0.1) is 32.9 Å². The van der Waals surface area contributed by atoms with Gasteiger partial charge in [-0.15, -0.1) is 0 Å². The van der Waals surface area contributed by atoms with Gasteiger partial charge in [0.15, 0.2) is 16.6 Å². The maximum atomic E-state index is 13.2. The van der Waals surface area contributed by atoms with E-state index in [1.807, 2.05) is 17.0 Å². The molecule has 3 aromatic carbocycles. The predicted octanol–water partition coefficient (Wildman–Crippen LogP) is 6.11. The third-order valence-corrected chi connectivity index (χ3v) is 6.51. The molecular formula is C27H27F3N2O4S. The first-order valence-corrected chi connectivity index (χ1v) is 11.9. The Morgan fingerprint density at radius 2 is 1.62 bits per heavy atom. The minimum absolute atomic E-state index is 0.235. The minimum atomic E-state index is -4.45. The molecule has 0 unspecified atom stereocenters. The van der Waals surface area contributed by atoms with Gasteiger partial charge >= 0.3 is 6.18 Å². The number of hydrogen-bond donors (Lipinski definition) is 1. The third kappa shape index (κ3) is 6.02. The Kier molecular flexibility index (Phi) is 7.97. The molecule has 1 N–H and O–H groups in total. The zero-order valence-electron chi connectivity index (χ0n) is 20.6. The molecule has 10 heteroatoms. The summed E-state index contributed by atoms with van der Waals surface area (Å²) in [5.74, 6) is 2.54. The molecule has 0 saturated heterocycles. The number of alkyl halides is 3.